The van der Waals surface area contributed by atoms with Gasteiger partial charge in [-0.2, -0.15) is 0 Å². The van der Waals surface area contributed by atoms with Crippen LogP contribution in [0.25, 0.3) is 71.6 Å². The van der Waals surface area contributed by atoms with E-state index in [0.29, 0.717) is 0 Å². The second-order valence-corrected chi connectivity index (χ2v) is 12.5. The van der Waals surface area contributed by atoms with E-state index in [4.69, 9.17) is 4.98 Å². The van der Waals surface area contributed by atoms with E-state index in [-0.39, 0.29) is 5.41 Å². The lowest BCUT2D eigenvalue weighted by Gasteiger charge is -2.19. The number of hydrogen-bond donors (Lipinski definition) is 0. The molecule has 0 aliphatic heterocycles. The summed E-state index contributed by atoms with van der Waals surface area (Å²) in [6, 6.07) is 50.5. The quantitative estimate of drug-likeness (QED) is 0.199. The molecule has 43 heavy (non-hydrogen) atoms. The van der Waals surface area contributed by atoms with Crippen molar-refractivity contribution < 1.29 is 0 Å². The van der Waals surface area contributed by atoms with E-state index in [9.17, 15) is 0 Å². The number of imidazole rings is 1. The van der Waals surface area contributed by atoms with Gasteiger partial charge in [0.2, 0.25) is 0 Å². The van der Waals surface area contributed by atoms with Crippen molar-refractivity contribution in [3.8, 4) is 28.2 Å². The van der Waals surface area contributed by atoms with Crippen LogP contribution in [0.5, 0.6) is 0 Å². The normalized spacial score (nSPS) is 12.1. The van der Waals surface area contributed by atoms with Gasteiger partial charge in [0.1, 0.15) is 5.82 Å². The Morgan fingerprint density at radius 1 is 0.488 bits per heavy atom. The van der Waals surface area contributed by atoms with E-state index in [2.05, 4.69) is 165 Å². The van der Waals surface area contributed by atoms with Crippen LogP contribution < -0.4 is 0 Å². The average molecular weight is 553 g/mol. The second-order valence-electron chi connectivity index (χ2n) is 12.5. The summed E-state index contributed by atoms with van der Waals surface area (Å²) >= 11 is 0. The summed E-state index contributed by atoms with van der Waals surface area (Å²) in [5.74, 6) is 0.954. The highest BCUT2D eigenvalue weighted by Crippen LogP contribution is 2.39. The molecule has 0 spiro atoms. The molecule has 8 rings (SSSR count). The number of aromatic nitrogens is 2. The molecule has 0 N–H and O–H groups in total. The second kappa shape index (κ2) is 9.68. The minimum Gasteiger partial charge on any atom is -0.292 e. The number of nitrogens with zero attached hydrogens (tertiary/aromatic N) is 2. The lowest BCUT2D eigenvalue weighted by atomic mass is 9.86. The van der Waals surface area contributed by atoms with E-state index in [0.717, 1.165) is 28.1 Å². The Balaban J connectivity index is 1.38. The van der Waals surface area contributed by atoms with Crippen LogP contribution in [-0.4, -0.2) is 9.55 Å². The summed E-state index contributed by atoms with van der Waals surface area (Å²) in [5, 5.41) is 7.37. The van der Waals surface area contributed by atoms with Crippen LogP contribution in [0.1, 0.15) is 26.3 Å². The van der Waals surface area contributed by atoms with Crippen LogP contribution >= 0.6 is 0 Å². The highest BCUT2D eigenvalue weighted by Gasteiger charge is 2.21. The first-order chi connectivity index (χ1) is 21.0. The van der Waals surface area contributed by atoms with Crippen LogP contribution in [0.3, 0.4) is 0 Å². The number of fused-ring (bicyclic) bond motifs is 7. The third kappa shape index (κ3) is 4.21. The molecule has 0 amide bonds. The fourth-order valence-corrected chi connectivity index (χ4v) is 6.44. The van der Waals surface area contributed by atoms with Crippen molar-refractivity contribution in [2.75, 3.05) is 0 Å². The summed E-state index contributed by atoms with van der Waals surface area (Å²) in [6.07, 6.45) is 0. The molecule has 206 valence electrons. The topological polar surface area (TPSA) is 17.8 Å². The Morgan fingerprint density at radius 2 is 1.05 bits per heavy atom. The Hall–Kier alpha value is -5.21. The van der Waals surface area contributed by atoms with Gasteiger partial charge in [-0.15, -0.1) is 0 Å². The van der Waals surface area contributed by atoms with Crippen molar-refractivity contribution in [3.63, 3.8) is 0 Å². The van der Waals surface area contributed by atoms with Gasteiger partial charge in [-0.3, -0.25) is 4.57 Å². The molecule has 0 unspecified atom stereocenters. The Kier molecular flexibility index (Phi) is 5.74. The predicted octanol–water partition coefficient (Wildman–Crippen LogP) is 11.1. The molecule has 0 aliphatic carbocycles. The van der Waals surface area contributed by atoms with Crippen LogP contribution in [0.4, 0.5) is 0 Å². The van der Waals surface area contributed by atoms with Crippen molar-refractivity contribution in [2.24, 2.45) is 0 Å². The standard InChI is InChI=1S/C41H32N2/c1-41(2,3)32-22-18-29(19-23-32)40-42-38-36-14-8-6-12-34(36)35-13-7-9-15-37(35)39(38)43(40)33-24-20-28(21-25-33)31-17-16-27-10-4-5-11-30(27)26-31/h4-26H,1-3H3. The maximum atomic E-state index is 5.41. The molecule has 2 nitrogen and oxygen atoms in total. The first kappa shape index (κ1) is 25.5. The van der Waals surface area contributed by atoms with E-state index in [1.165, 1.54) is 49.0 Å². The van der Waals surface area contributed by atoms with E-state index < -0.39 is 0 Å². The van der Waals surface area contributed by atoms with Crippen molar-refractivity contribution in [1.29, 1.82) is 0 Å². The molecule has 8 aromatic rings. The van der Waals surface area contributed by atoms with Crippen molar-refractivity contribution in [3.05, 3.63) is 145 Å². The predicted molar refractivity (Wildman–Crippen MR) is 183 cm³/mol. The highest BCUT2D eigenvalue weighted by atomic mass is 15.1. The lowest BCUT2D eigenvalue weighted by molar-refractivity contribution is 0.590. The molecule has 0 radical (unpaired) electrons. The number of hydrogen-bond acceptors (Lipinski definition) is 1. The number of benzene rings is 7. The molecular weight excluding hydrogens is 520 g/mol. The Bertz CT molecular complexity index is 2300. The van der Waals surface area contributed by atoms with E-state index in [1.807, 2.05) is 0 Å². The Morgan fingerprint density at radius 3 is 1.74 bits per heavy atom. The van der Waals surface area contributed by atoms with Gasteiger partial charge >= 0.3 is 0 Å². The van der Waals surface area contributed by atoms with Crippen LogP contribution in [-0.2, 0) is 5.41 Å². The van der Waals surface area contributed by atoms with E-state index in [1.54, 1.807) is 0 Å². The summed E-state index contributed by atoms with van der Waals surface area (Å²) in [5.41, 5.74) is 8.20. The van der Waals surface area contributed by atoms with Crippen LogP contribution in [0, 0.1) is 0 Å². The molecule has 0 fully saturated rings. The van der Waals surface area contributed by atoms with Gasteiger partial charge in [-0.05, 0) is 61.8 Å². The summed E-state index contributed by atoms with van der Waals surface area (Å²) < 4.78 is 2.36. The molecule has 0 bridgehead atoms. The van der Waals surface area contributed by atoms with Crippen molar-refractivity contribution >= 4 is 43.4 Å². The maximum Gasteiger partial charge on any atom is 0.145 e. The third-order valence-electron chi connectivity index (χ3n) is 8.75. The minimum absolute atomic E-state index is 0.0870. The van der Waals surface area contributed by atoms with Gasteiger partial charge in [0, 0.05) is 22.0 Å². The summed E-state index contributed by atoms with van der Waals surface area (Å²) in [7, 11) is 0. The van der Waals surface area contributed by atoms with Gasteiger partial charge < -0.3 is 0 Å². The molecule has 0 saturated carbocycles. The average Bonchev–Trinajstić information content (AvgIpc) is 3.46. The van der Waals surface area contributed by atoms with Gasteiger partial charge in [0.05, 0.1) is 11.0 Å². The summed E-state index contributed by atoms with van der Waals surface area (Å²) in [6.45, 7) is 6.77. The molecular formula is C41H32N2. The van der Waals surface area contributed by atoms with Crippen molar-refractivity contribution in [2.45, 2.75) is 26.2 Å². The summed E-state index contributed by atoms with van der Waals surface area (Å²) in [4.78, 5) is 5.41. The fourth-order valence-electron chi connectivity index (χ4n) is 6.44. The number of rotatable bonds is 3. The van der Waals surface area contributed by atoms with Gasteiger partial charge in [-0.25, -0.2) is 4.98 Å². The van der Waals surface area contributed by atoms with Crippen molar-refractivity contribution in [1.82, 2.24) is 9.55 Å². The van der Waals surface area contributed by atoms with Gasteiger partial charge in [0.25, 0.3) is 0 Å². The molecule has 7 aromatic carbocycles. The molecule has 0 aliphatic rings. The Labute approximate surface area is 251 Å². The van der Waals surface area contributed by atoms with Gasteiger partial charge in [-0.1, -0.05) is 142 Å². The fraction of sp³-hybridized carbons (Fsp3) is 0.0976. The van der Waals surface area contributed by atoms with E-state index >= 15 is 0 Å². The third-order valence-corrected chi connectivity index (χ3v) is 8.75. The lowest BCUT2D eigenvalue weighted by Crippen LogP contribution is -2.10. The SMILES string of the molecule is CC(C)(C)c1ccc(-c2nc3c4ccccc4c4ccccc4c3n2-c2ccc(-c3ccc4ccccc4c3)cc2)cc1. The maximum absolute atomic E-state index is 5.41. The zero-order valence-electron chi connectivity index (χ0n) is 24.7. The zero-order valence-corrected chi connectivity index (χ0v) is 24.7. The smallest absolute Gasteiger partial charge is 0.145 e. The highest BCUT2D eigenvalue weighted by molar-refractivity contribution is 6.24. The van der Waals surface area contributed by atoms with Gasteiger partial charge in [0.15, 0.2) is 0 Å². The molecule has 0 atom stereocenters. The van der Waals surface area contributed by atoms with Crippen LogP contribution in [0.15, 0.2) is 140 Å². The van der Waals surface area contributed by atoms with Crippen LogP contribution in [0.2, 0.25) is 0 Å². The zero-order chi connectivity index (χ0) is 29.1. The minimum atomic E-state index is 0.0870. The molecule has 0 saturated heterocycles. The monoisotopic (exact) mass is 552 g/mol. The molecule has 2 heteroatoms. The largest absolute Gasteiger partial charge is 0.292 e. The molecule has 1 aromatic heterocycles. The molecule has 1 heterocycles. The first-order valence-corrected chi connectivity index (χ1v) is 15.0. The first-order valence-electron chi connectivity index (χ1n) is 15.0.